The van der Waals surface area contributed by atoms with E-state index in [1.54, 1.807) is 0 Å². The molecule has 0 N–H and O–H groups in total. The molecule has 0 saturated carbocycles. The van der Waals surface area contributed by atoms with Crippen molar-refractivity contribution in [2.75, 3.05) is 4.90 Å². The summed E-state index contributed by atoms with van der Waals surface area (Å²) in [5, 5.41) is 2.68. The Balaban J connectivity index is 1.14. The number of fused-ring (bicyclic) bond motifs is 10. The van der Waals surface area contributed by atoms with Gasteiger partial charge in [-0.15, -0.1) is 11.3 Å². The molecule has 2 aliphatic carbocycles. The van der Waals surface area contributed by atoms with Gasteiger partial charge in [-0.1, -0.05) is 153 Å². The van der Waals surface area contributed by atoms with E-state index in [0.29, 0.717) is 0 Å². The second-order valence-electron chi connectivity index (χ2n) is 15.8. The standard InChI is InChI=1S/C53H39NS/c1-52(2)45-20-12-10-18-40(45)41-28-26-38(32-47(41)52)54(37-24-22-35(23-25-37)34-14-6-4-7-15-34)39-27-29-44-48(33-39)53(3,36-16-8-5-9-17-36)46-31-30-43-42-19-11-13-21-49(42)55-51(43)50(44)46/h4-33H,1-3H3. The number of benzene rings is 8. The molecule has 262 valence electrons. The molecule has 1 nitrogen and oxygen atoms in total. The smallest absolute Gasteiger partial charge is 0.0465 e. The summed E-state index contributed by atoms with van der Waals surface area (Å²) in [6.45, 7) is 7.17. The summed E-state index contributed by atoms with van der Waals surface area (Å²) in [6, 6.07) is 67.8. The topological polar surface area (TPSA) is 3.24 Å². The lowest BCUT2D eigenvalue weighted by molar-refractivity contribution is 0.660. The van der Waals surface area contributed by atoms with Gasteiger partial charge >= 0.3 is 0 Å². The third-order valence-corrected chi connectivity index (χ3v) is 13.8. The number of nitrogens with zero attached hydrogens (tertiary/aromatic N) is 1. The van der Waals surface area contributed by atoms with E-state index < -0.39 is 0 Å². The molecule has 0 radical (unpaired) electrons. The first-order chi connectivity index (χ1) is 26.9. The molecule has 8 aromatic carbocycles. The van der Waals surface area contributed by atoms with Crippen LogP contribution < -0.4 is 4.90 Å². The number of hydrogen-bond acceptors (Lipinski definition) is 2. The van der Waals surface area contributed by atoms with E-state index in [0.717, 1.165) is 17.1 Å². The van der Waals surface area contributed by atoms with Gasteiger partial charge in [0.15, 0.2) is 0 Å². The lowest BCUT2D eigenvalue weighted by Crippen LogP contribution is -2.23. The van der Waals surface area contributed by atoms with Crippen molar-refractivity contribution in [3.05, 3.63) is 210 Å². The van der Waals surface area contributed by atoms with Crippen molar-refractivity contribution in [1.82, 2.24) is 0 Å². The first-order valence-electron chi connectivity index (χ1n) is 19.3. The molecule has 0 saturated heterocycles. The molecule has 1 heterocycles. The minimum absolute atomic E-state index is 0.105. The summed E-state index contributed by atoms with van der Waals surface area (Å²) in [7, 11) is 0. The Labute approximate surface area is 326 Å². The highest BCUT2D eigenvalue weighted by molar-refractivity contribution is 7.26. The highest BCUT2D eigenvalue weighted by atomic mass is 32.1. The molecule has 0 fully saturated rings. The van der Waals surface area contributed by atoms with Crippen molar-refractivity contribution >= 4 is 48.6 Å². The second kappa shape index (κ2) is 11.9. The maximum absolute atomic E-state index is 2.49. The van der Waals surface area contributed by atoms with Gasteiger partial charge in [0.1, 0.15) is 0 Å². The number of hydrogen-bond donors (Lipinski definition) is 0. The molecule has 1 atom stereocenters. The highest BCUT2D eigenvalue weighted by Crippen LogP contribution is 2.58. The van der Waals surface area contributed by atoms with Crippen LogP contribution in [0, 0.1) is 0 Å². The van der Waals surface area contributed by atoms with Crippen LogP contribution in [0.15, 0.2) is 182 Å². The number of rotatable bonds is 5. The van der Waals surface area contributed by atoms with Crippen molar-refractivity contribution in [2.45, 2.75) is 31.6 Å². The van der Waals surface area contributed by atoms with Crippen LogP contribution in [0.3, 0.4) is 0 Å². The quantitative estimate of drug-likeness (QED) is 0.171. The molecule has 1 unspecified atom stereocenters. The monoisotopic (exact) mass is 721 g/mol. The molecule has 1 aromatic heterocycles. The Bertz CT molecular complexity index is 2950. The van der Waals surface area contributed by atoms with Gasteiger partial charge in [0.25, 0.3) is 0 Å². The summed E-state index contributed by atoms with van der Waals surface area (Å²) in [5.74, 6) is 0. The fourth-order valence-electron chi connectivity index (χ4n) is 9.72. The van der Waals surface area contributed by atoms with Crippen molar-refractivity contribution in [3.8, 4) is 33.4 Å². The van der Waals surface area contributed by atoms with E-state index in [-0.39, 0.29) is 10.8 Å². The lowest BCUT2D eigenvalue weighted by Gasteiger charge is -2.31. The Morgan fingerprint density at radius 1 is 0.418 bits per heavy atom. The minimum atomic E-state index is -0.337. The molecule has 2 heteroatoms. The summed E-state index contributed by atoms with van der Waals surface area (Å²) >= 11 is 1.93. The largest absolute Gasteiger partial charge is 0.310 e. The van der Waals surface area contributed by atoms with Gasteiger partial charge in [0.05, 0.1) is 0 Å². The second-order valence-corrected chi connectivity index (χ2v) is 16.9. The third-order valence-electron chi connectivity index (χ3n) is 12.6. The Kier molecular flexibility index (Phi) is 6.97. The molecule has 2 aliphatic rings. The Hall–Kier alpha value is -6.22. The van der Waals surface area contributed by atoms with Crippen LogP contribution in [0.2, 0.25) is 0 Å². The van der Waals surface area contributed by atoms with E-state index in [1.165, 1.54) is 81.4 Å². The lowest BCUT2D eigenvalue weighted by atomic mass is 9.74. The summed E-state index contributed by atoms with van der Waals surface area (Å²) in [5.41, 5.74) is 17.6. The van der Waals surface area contributed by atoms with E-state index in [2.05, 4.69) is 208 Å². The Morgan fingerprint density at radius 3 is 1.80 bits per heavy atom. The maximum atomic E-state index is 2.49. The SMILES string of the molecule is CC1(C)c2ccccc2-c2ccc(N(c3ccc(-c4ccccc4)cc3)c3ccc4c(c3)C(C)(c3ccccc3)c3ccc5c(sc6ccccc65)c3-4)cc21. The molecule has 55 heavy (non-hydrogen) atoms. The summed E-state index contributed by atoms with van der Waals surface area (Å²) in [4.78, 5) is 2.47. The molecule has 0 spiro atoms. The molecule has 11 rings (SSSR count). The van der Waals surface area contributed by atoms with Crippen molar-refractivity contribution in [3.63, 3.8) is 0 Å². The Morgan fingerprint density at radius 2 is 1.02 bits per heavy atom. The fraction of sp³-hybridized carbons (Fsp3) is 0.0943. The van der Waals surface area contributed by atoms with Gasteiger partial charge in [-0.2, -0.15) is 0 Å². The van der Waals surface area contributed by atoms with Gasteiger partial charge in [0, 0.05) is 53.6 Å². The highest BCUT2D eigenvalue weighted by Gasteiger charge is 2.43. The fourth-order valence-corrected chi connectivity index (χ4v) is 11.0. The van der Waals surface area contributed by atoms with Crippen molar-refractivity contribution in [1.29, 1.82) is 0 Å². The predicted octanol–water partition coefficient (Wildman–Crippen LogP) is 14.8. The zero-order valence-electron chi connectivity index (χ0n) is 31.2. The van der Waals surface area contributed by atoms with Gasteiger partial charge < -0.3 is 4.90 Å². The number of thiophene rings is 1. The maximum Gasteiger partial charge on any atom is 0.0465 e. The van der Waals surface area contributed by atoms with Crippen LogP contribution >= 0.6 is 11.3 Å². The van der Waals surface area contributed by atoms with E-state index in [9.17, 15) is 0 Å². The molecule has 0 bridgehead atoms. The van der Waals surface area contributed by atoms with Crippen molar-refractivity contribution in [2.24, 2.45) is 0 Å². The van der Waals surface area contributed by atoms with Gasteiger partial charge in [-0.25, -0.2) is 0 Å². The summed E-state index contributed by atoms with van der Waals surface area (Å²) in [6.07, 6.45) is 0. The summed E-state index contributed by atoms with van der Waals surface area (Å²) < 4.78 is 2.71. The van der Waals surface area contributed by atoms with Crippen LogP contribution in [0.1, 0.15) is 48.6 Å². The van der Waals surface area contributed by atoms with Gasteiger partial charge in [-0.05, 0) is 105 Å². The van der Waals surface area contributed by atoms with E-state index >= 15 is 0 Å². The first kappa shape index (κ1) is 32.2. The van der Waals surface area contributed by atoms with Gasteiger partial charge in [-0.3, -0.25) is 0 Å². The van der Waals surface area contributed by atoms with E-state index in [4.69, 9.17) is 0 Å². The van der Waals surface area contributed by atoms with Crippen LogP contribution in [0.4, 0.5) is 17.1 Å². The third kappa shape index (κ3) is 4.65. The first-order valence-corrected chi connectivity index (χ1v) is 20.1. The van der Waals surface area contributed by atoms with Crippen molar-refractivity contribution < 1.29 is 0 Å². The van der Waals surface area contributed by atoms with E-state index in [1.807, 2.05) is 11.3 Å². The molecule has 0 aliphatic heterocycles. The van der Waals surface area contributed by atoms with Crippen LogP contribution in [0.5, 0.6) is 0 Å². The average Bonchev–Trinajstić information content (AvgIpc) is 3.82. The molecule has 9 aromatic rings. The zero-order valence-corrected chi connectivity index (χ0v) is 32.0. The van der Waals surface area contributed by atoms with Crippen LogP contribution in [-0.4, -0.2) is 0 Å². The van der Waals surface area contributed by atoms with Crippen LogP contribution in [0.25, 0.3) is 53.6 Å². The zero-order chi connectivity index (χ0) is 36.9. The molecular weight excluding hydrogens is 683 g/mol. The predicted molar refractivity (Wildman–Crippen MR) is 234 cm³/mol. The average molecular weight is 722 g/mol. The number of anilines is 3. The molecule has 0 amide bonds. The molecular formula is C53H39NS. The van der Waals surface area contributed by atoms with Gasteiger partial charge in [0.2, 0.25) is 0 Å². The van der Waals surface area contributed by atoms with Crippen LogP contribution in [-0.2, 0) is 10.8 Å². The normalized spacial score (nSPS) is 16.1. The minimum Gasteiger partial charge on any atom is -0.310 e.